The van der Waals surface area contributed by atoms with Crippen molar-refractivity contribution in [2.45, 2.75) is 32.3 Å². The summed E-state index contributed by atoms with van der Waals surface area (Å²) in [6, 6.07) is 2.72. The molecule has 0 spiro atoms. The largest absolute Gasteiger partial charge is 0.491 e. The number of rotatable bonds is 5. The predicted octanol–water partition coefficient (Wildman–Crippen LogP) is 2.75. The summed E-state index contributed by atoms with van der Waals surface area (Å²) in [5.74, 6) is 0.135. The highest BCUT2D eigenvalue weighted by Gasteiger charge is 2.16. The number of hydrogen-bond donors (Lipinski definition) is 1. The molecule has 1 heterocycles. The van der Waals surface area contributed by atoms with E-state index < -0.39 is 5.82 Å². The van der Waals surface area contributed by atoms with Crippen LogP contribution in [0.3, 0.4) is 0 Å². The molecule has 5 heteroatoms. The zero-order valence-electron chi connectivity index (χ0n) is 11.2. The molecule has 2 rings (SSSR count). The lowest BCUT2D eigenvalue weighted by atomic mass is 10.1. The predicted molar refractivity (Wildman–Crippen MR) is 71.1 cm³/mol. The van der Waals surface area contributed by atoms with Gasteiger partial charge in [0.15, 0.2) is 11.6 Å². The molecule has 1 fully saturated rings. The van der Waals surface area contributed by atoms with Gasteiger partial charge < -0.3 is 19.9 Å². The van der Waals surface area contributed by atoms with Crippen LogP contribution in [-0.4, -0.2) is 25.9 Å². The van der Waals surface area contributed by atoms with E-state index in [4.69, 9.17) is 19.9 Å². The molecule has 1 aliphatic heterocycles. The molecule has 1 saturated heterocycles. The first-order valence-corrected chi connectivity index (χ1v) is 6.67. The summed E-state index contributed by atoms with van der Waals surface area (Å²) < 4.78 is 29.9. The Bertz CT molecular complexity index is 419. The fourth-order valence-electron chi connectivity index (χ4n) is 2.06. The summed E-state index contributed by atoms with van der Waals surface area (Å²) in [7, 11) is 0. The maximum Gasteiger partial charge on any atom is 0.167 e. The molecule has 1 atom stereocenters. The van der Waals surface area contributed by atoms with Crippen molar-refractivity contribution < 1.29 is 18.6 Å². The summed E-state index contributed by atoms with van der Waals surface area (Å²) in [6.07, 6.45) is 3.33. The maximum atomic E-state index is 13.5. The Morgan fingerprint density at radius 2 is 2.16 bits per heavy atom. The zero-order valence-corrected chi connectivity index (χ0v) is 11.2. The molecule has 0 saturated carbocycles. The molecule has 1 aliphatic rings. The Morgan fingerprint density at radius 1 is 1.32 bits per heavy atom. The fourth-order valence-corrected chi connectivity index (χ4v) is 2.06. The van der Waals surface area contributed by atoms with Crippen LogP contribution in [0.2, 0.25) is 0 Å². The lowest BCUT2D eigenvalue weighted by Gasteiger charge is -2.23. The van der Waals surface area contributed by atoms with E-state index in [2.05, 4.69) is 0 Å². The number of nitrogens with two attached hydrogens (primary N) is 1. The van der Waals surface area contributed by atoms with Gasteiger partial charge in [-0.05, 0) is 26.2 Å². The van der Waals surface area contributed by atoms with Crippen molar-refractivity contribution in [3.8, 4) is 11.5 Å². The van der Waals surface area contributed by atoms with Crippen LogP contribution in [0.25, 0.3) is 0 Å². The van der Waals surface area contributed by atoms with Crippen molar-refractivity contribution in [1.29, 1.82) is 0 Å². The van der Waals surface area contributed by atoms with Crippen molar-refractivity contribution in [3.05, 3.63) is 17.9 Å². The van der Waals surface area contributed by atoms with E-state index in [0.717, 1.165) is 25.9 Å². The Hall–Kier alpha value is -1.49. The van der Waals surface area contributed by atoms with Gasteiger partial charge in [-0.25, -0.2) is 4.39 Å². The highest BCUT2D eigenvalue weighted by molar-refractivity contribution is 5.56. The van der Waals surface area contributed by atoms with Gasteiger partial charge in [-0.15, -0.1) is 0 Å². The fraction of sp³-hybridized carbons (Fsp3) is 0.571. The molecule has 19 heavy (non-hydrogen) atoms. The van der Waals surface area contributed by atoms with E-state index in [1.807, 2.05) is 0 Å². The molecule has 106 valence electrons. The monoisotopic (exact) mass is 269 g/mol. The van der Waals surface area contributed by atoms with Crippen LogP contribution >= 0.6 is 0 Å². The quantitative estimate of drug-likeness (QED) is 0.835. The zero-order chi connectivity index (χ0) is 13.7. The van der Waals surface area contributed by atoms with Gasteiger partial charge in [0.25, 0.3) is 0 Å². The molecule has 0 bridgehead atoms. The minimum absolute atomic E-state index is 0.0914. The topological polar surface area (TPSA) is 53.7 Å². The summed E-state index contributed by atoms with van der Waals surface area (Å²) in [5, 5.41) is 0. The lowest BCUT2D eigenvalue weighted by Crippen LogP contribution is -2.26. The minimum atomic E-state index is -0.472. The molecule has 2 N–H and O–H groups in total. The van der Waals surface area contributed by atoms with Crippen LogP contribution in [0.4, 0.5) is 10.1 Å². The lowest BCUT2D eigenvalue weighted by molar-refractivity contribution is -0.0109. The van der Waals surface area contributed by atoms with E-state index in [9.17, 15) is 4.39 Å². The Kier molecular flexibility index (Phi) is 4.85. The summed E-state index contributed by atoms with van der Waals surface area (Å²) in [5.41, 5.74) is 6.02. The number of anilines is 1. The third kappa shape index (κ3) is 3.73. The Balaban J connectivity index is 2.00. The second-order valence-electron chi connectivity index (χ2n) is 4.55. The van der Waals surface area contributed by atoms with Crippen LogP contribution < -0.4 is 15.2 Å². The second-order valence-corrected chi connectivity index (χ2v) is 4.55. The molecular weight excluding hydrogens is 249 g/mol. The molecule has 0 amide bonds. The van der Waals surface area contributed by atoms with Gasteiger partial charge in [-0.1, -0.05) is 0 Å². The standard InChI is InChI=1S/C14H20FNO3/c1-2-17-13-8-14(12(16)7-11(13)15)19-9-10-5-3-4-6-18-10/h7-8,10H,2-6,9,16H2,1H3. The van der Waals surface area contributed by atoms with E-state index in [1.54, 1.807) is 6.92 Å². The summed E-state index contributed by atoms with van der Waals surface area (Å²) in [6.45, 7) is 3.40. The second kappa shape index (κ2) is 6.61. The molecule has 0 radical (unpaired) electrons. The van der Waals surface area contributed by atoms with Gasteiger partial charge in [0.2, 0.25) is 0 Å². The SMILES string of the molecule is CCOc1cc(OCC2CCCCO2)c(N)cc1F. The van der Waals surface area contributed by atoms with E-state index in [1.165, 1.54) is 12.1 Å². The minimum Gasteiger partial charge on any atom is -0.491 e. The van der Waals surface area contributed by atoms with Gasteiger partial charge in [0.1, 0.15) is 12.4 Å². The summed E-state index contributed by atoms with van der Waals surface area (Å²) in [4.78, 5) is 0. The Morgan fingerprint density at radius 3 is 2.84 bits per heavy atom. The highest BCUT2D eigenvalue weighted by atomic mass is 19.1. The van der Waals surface area contributed by atoms with Crippen molar-refractivity contribution in [1.82, 2.24) is 0 Å². The number of benzene rings is 1. The third-order valence-electron chi connectivity index (χ3n) is 3.06. The van der Waals surface area contributed by atoms with Gasteiger partial charge in [0.05, 0.1) is 18.4 Å². The first-order chi connectivity index (χ1) is 9.20. The molecule has 0 aliphatic carbocycles. The number of hydrogen-bond acceptors (Lipinski definition) is 4. The number of nitrogen functional groups attached to an aromatic ring is 1. The molecular formula is C14H20FNO3. The smallest absolute Gasteiger partial charge is 0.167 e. The molecule has 1 aromatic rings. The van der Waals surface area contributed by atoms with Crippen LogP contribution in [0.15, 0.2) is 12.1 Å². The average molecular weight is 269 g/mol. The summed E-state index contributed by atoms with van der Waals surface area (Å²) >= 11 is 0. The van der Waals surface area contributed by atoms with Gasteiger partial charge >= 0.3 is 0 Å². The van der Waals surface area contributed by atoms with E-state index >= 15 is 0 Å². The highest BCUT2D eigenvalue weighted by Crippen LogP contribution is 2.30. The van der Waals surface area contributed by atoms with Gasteiger partial charge in [0, 0.05) is 18.7 Å². The number of halogens is 1. The Labute approximate surface area is 112 Å². The van der Waals surface area contributed by atoms with Crippen LogP contribution in [-0.2, 0) is 4.74 Å². The van der Waals surface area contributed by atoms with Gasteiger partial charge in [-0.3, -0.25) is 0 Å². The molecule has 1 aromatic carbocycles. The van der Waals surface area contributed by atoms with Crippen LogP contribution in [0.5, 0.6) is 11.5 Å². The molecule has 1 unspecified atom stereocenters. The van der Waals surface area contributed by atoms with E-state index in [0.29, 0.717) is 19.0 Å². The van der Waals surface area contributed by atoms with Crippen molar-refractivity contribution >= 4 is 5.69 Å². The third-order valence-corrected chi connectivity index (χ3v) is 3.06. The molecule has 0 aromatic heterocycles. The average Bonchev–Trinajstić information content (AvgIpc) is 2.42. The van der Waals surface area contributed by atoms with Crippen LogP contribution in [0, 0.1) is 5.82 Å². The van der Waals surface area contributed by atoms with Gasteiger partial charge in [-0.2, -0.15) is 0 Å². The normalized spacial score (nSPS) is 19.2. The first-order valence-electron chi connectivity index (χ1n) is 6.67. The van der Waals surface area contributed by atoms with E-state index in [-0.39, 0.29) is 17.5 Å². The molecule has 4 nitrogen and oxygen atoms in total. The first kappa shape index (κ1) is 13.9. The van der Waals surface area contributed by atoms with Crippen molar-refractivity contribution in [2.75, 3.05) is 25.6 Å². The van der Waals surface area contributed by atoms with Crippen molar-refractivity contribution in [3.63, 3.8) is 0 Å². The van der Waals surface area contributed by atoms with Crippen molar-refractivity contribution in [2.24, 2.45) is 0 Å². The number of ether oxygens (including phenoxy) is 3. The van der Waals surface area contributed by atoms with Crippen LogP contribution in [0.1, 0.15) is 26.2 Å². The maximum absolute atomic E-state index is 13.5.